The van der Waals surface area contributed by atoms with Gasteiger partial charge < -0.3 is 11.1 Å². The molecule has 9 nitrogen and oxygen atoms in total. The molecule has 34 heavy (non-hydrogen) atoms. The molecule has 0 aliphatic carbocycles. The maximum Gasteiger partial charge on any atom is 0.280 e. The Hall–Kier alpha value is -3.67. The number of hydrogen-bond acceptors (Lipinski definition) is 6. The van der Waals surface area contributed by atoms with Crippen LogP contribution in [0.25, 0.3) is 21.3 Å². The minimum absolute atomic E-state index is 0.0212. The summed E-state index contributed by atoms with van der Waals surface area (Å²) >= 11 is 0.861. The summed E-state index contributed by atoms with van der Waals surface area (Å²) in [5.41, 5.74) is 7.91. The predicted octanol–water partition coefficient (Wildman–Crippen LogP) is 4.23. The van der Waals surface area contributed by atoms with Gasteiger partial charge in [0.05, 0.1) is 18.1 Å². The number of halogens is 2. The smallest absolute Gasteiger partial charge is 0.280 e. The molecular weight excluding hydrogens is 464 g/mol. The number of carbonyl (C=O) groups is 2. The molecule has 4 heterocycles. The van der Waals surface area contributed by atoms with Crippen LogP contribution in [0, 0.1) is 13.8 Å². The van der Waals surface area contributed by atoms with Crippen LogP contribution >= 0.6 is 11.3 Å². The van der Waals surface area contributed by atoms with Gasteiger partial charge in [-0.15, -0.1) is 11.3 Å². The summed E-state index contributed by atoms with van der Waals surface area (Å²) < 4.78 is 30.6. The van der Waals surface area contributed by atoms with E-state index in [9.17, 15) is 18.4 Å². The third-order valence-electron chi connectivity index (χ3n) is 5.58. The molecule has 12 heteroatoms. The van der Waals surface area contributed by atoms with Crippen LogP contribution in [0.5, 0.6) is 0 Å². The van der Waals surface area contributed by atoms with Crippen molar-refractivity contribution in [1.29, 1.82) is 0 Å². The van der Waals surface area contributed by atoms with Gasteiger partial charge in [0.2, 0.25) is 5.91 Å². The number of alkyl halides is 2. The summed E-state index contributed by atoms with van der Waals surface area (Å²) in [6.45, 7) is 7.83. The van der Waals surface area contributed by atoms with Crippen LogP contribution in [0.15, 0.2) is 24.7 Å². The molecule has 0 fully saturated rings. The lowest BCUT2D eigenvalue weighted by Gasteiger charge is -2.14. The lowest BCUT2D eigenvalue weighted by Crippen LogP contribution is -2.25. The third kappa shape index (κ3) is 4.04. The summed E-state index contributed by atoms with van der Waals surface area (Å²) in [7, 11) is 0. The first-order chi connectivity index (χ1) is 16.1. The zero-order valence-corrected chi connectivity index (χ0v) is 19.8. The van der Waals surface area contributed by atoms with Crippen molar-refractivity contribution in [3.63, 3.8) is 0 Å². The SMILES string of the molecule is CCn1ncc(-c2cc(C(F)F)nc3sc(C(N)=O)c(NC(=O)C(C)n4cc(C)cn4)c23)c1C. The molecule has 0 saturated carbocycles. The number of thiophene rings is 1. The number of nitrogens with zero attached hydrogens (tertiary/aromatic N) is 5. The molecule has 0 spiro atoms. The fourth-order valence-corrected chi connectivity index (χ4v) is 4.77. The Labute approximate surface area is 197 Å². The Morgan fingerprint density at radius 3 is 2.50 bits per heavy atom. The number of anilines is 1. The standard InChI is InChI=1S/C22H23F2N7O2S/c1-5-30-11(3)14(8-27-30)13-6-15(19(23)24)28-22-16(13)17(18(34-22)20(25)32)29-21(33)12(4)31-9-10(2)7-26-31/h6-9,12,19H,5H2,1-4H3,(H2,25,32)(H,29,33). The molecule has 0 aliphatic rings. The van der Waals surface area contributed by atoms with E-state index in [4.69, 9.17) is 5.73 Å². The first-order valence-electron chi connectivity index (χ1n) is 10.5. The van der Waals surface area contributed by atoms with E-state index in [-0.39, 0.29) is 15.4 Å². The van der Waals surface area contributed by atoms with E-state index in [0.29, 0.717) is 23.1 Å². The van der Waals surface area contributed by atoms with Gasteiger partial charge in [0.1, 0.15) is 21.4 Å². The van der Waals surface area contributed by atoms with Crippen molar-refractivity contribution in [2.75, 3.05) is 5.32 Å². The van der Waals surface area contributed by atoms with Crippen LogP contribution < -0.4 is 11.1 Å². The first kappa shape index (κ1) is 23.5. The van der Waals surface area contributed by atoms with E-state index < -0.39 is 30.0 Å². The molecule has 0 radical (unpaired) electrons. The maximum absolute atomic E-state index is 13.7. The van der Waals surface area contributed by atoms with Gasteiger partial charge in [-0.1, -0.05) is 0 Å². The zero-order chi connectivity index (χ0) is 24.7. The van der Waals surface area contributed by atoms with Gasteiger partial charge in [-0.2, -0.15) is 10.2 Å². The van der Waals surface area contributed by atoms with Crippen LogP contribution in [0.3, 0.4) is 0 Å². The van der Waals surface area contributed by atoms with Gasteiger partial charge in [0, 0.05) is 29.4 Å². The van der Waals surface area contributed by atoms with E-state index >= 15 is 0 Å². The average Bonchev–Trinajstić information content (AvgIpc) is 3.49. The topological polar surface area (TPSA) is 121 Å². The number of rotatable bonds is 7. The monoisotopic (exact) mass is 487 g/mol. The van der Waals surface area contributed by atoms with Gasteiger partial charge in [0.25, 0.3) is 12.3 Å². The van der Waals surface area contributed by atoms with Gasteiger partial charge in [-0.25, -0.2) is 13.8 Å². The summed E-state index contributed by atoms with van der Waals surface area (Å²) in [6.07, 6.45) is 2.09. The Morgan fingerprint density at radius 2 is 1.94 bits per heavy atom. The van der Waals surface area contributed by atoms with Crippen LogP contribution in [-0.2, 0) is 11.3 Å². The number of pyridine rings is 1. The van der Waals surface area contributed by atoms with E-state index in [1.165, 1.54) is 10.7 Å². The Bertz CT molecular complexity index is 1410. The Kier molecular flexibility index (Phi) is 6.17. The lowest BCUT2D eigenvalue weighted by molar-refractivity contribution is -0.119. The molecule has 0 saturated heterocycles. The molecule has 178 valence electrons. The number of aryl methyl sites for hydroxylation is 2. The number of nitrogens with one attached hydrogen (secondary N) is 1. The van der Waals surface area contributed by atoms with Crippen molar-refractivity contribution in [2.24, 2.45) is 5.73 Å². The minimum Gasteiger partial charge on any atom is -0.365 e. The second kappa shape index (κ2) is 8.93. The molecule has 4 aromatic rings. The molecule has 0 aromatic carbocycles. The Balaban J connectivity index is 1.93. The molecule has 1 unspecified atom stereocenters. The van der Waals surface area contributed by atoms with Crippen molar-refractivity contribution in [1.82, 2.24) is 24.5 Å². The number of primary amides is 1. The Morgan fingerprint density at radius 1 is 1.21 bits per heavy atom. The maximum atomic E-state index is 13.7. The summed E-state index contributed by atoms with van der Waals surface area (Å²) in [5, 5.41) is 11.6. The lowest BCUT2D eigenvalue weighted by atomic mass is 10.0. The van der Waals surface area contributed by atoms with Crippen molar-refractivity contribution >= 4 is 39.1 Å². The number of hydrogen-bond donors (Lipinski definition) is 2. The highest BCUT2D eigenvalue weighted by atomic mass is 32.1. The number of carbonyl (C=O) groups excluding carboxylic acids is 2. The highest BCUT2D eigenvalue weighted by molar-refractivity contribution is 7.21. The first-order valence-corrected chi connectivity index (χ1v) is 11.3. The summed E-state index contributed by atoms with van der Waals surface area (Å²) in [5.74, 6) is -1.25. The normalized spacial score (nSPS) is 12.4. The summed E-state index contributed by atoms with van der Waals surface area (Å²) in [4.78, 5) is 29.6. The largest absolute Gasteiger partial charge is 0.365 e. The van der Waals surface area contributed by atoms with Gasteiger partial charge >= 0.3 is 0 Å². The van der Waals surface area contributed by atoms with Crippen LogP contribution in [0.1, 0.15) is 52.9 Å². The average molecular weight is 488 g/mol. The van der Waals surface area contributed by atoms with Crippen LogP contribution in [0.2, 0.25) is 0 Å². The van der Waals surface area contributed by atoms with Gasteiger partial charge in [-0.3, -0.25) is 19.0 Å². The fraction of sp³-hybridized carbons (Fsp3) is 0.318. The minimum atomic E-state index is -2.83. The second-order valence-corrected chi connectivity index (χ2v) is 8.87. The number of nitrogens with two attached hydrogens (primary N) is 1. The van der Waals surface area contributed by atoms with E-state index in [1.54, 1.807) is 30.2 Å². The van der Waals surface area contributed by atoms with Crippen molar-refractivity contribution in [3.8, 4) is 11.1 Å². The molecular formula is C22H23F2N7O2S. The van der Waals surface area contributed by atoms with E-state index in [0.717, 1.165) is 22.6 Å². The predicted molar refractivity (Wildman–Crippen MR) is 125 cm³/mol. The molecule has 3 N–H and O–H groups in total. The van der Waals surface area contributed by atoms with Gasteiger partial charge in [0.15, 0.2) is 0 Å². The van der Waals surface area contributed by atoms with E-state index in [2.05, 4.69) is 20.5 Å². The van der Waals surface area contributed by atoms with Crippen molar-refractivity contribution in [3.05, 3.63) is 46.5 Å². The second-order valence-electron chi connectivity index (χ2n) is 7.87. The molecule has 2 amide bonds. The highest BCUT2D eigenvalue weighted by Crippen LogP contribution is 2.43. The molecule has 4 rings (SSSR count). The number of amides is 2. The zero-order valence-electron chi connectivity index (χ0n) is 19.0. The molecule has 4 aromatic heterocycles. The molecule has 0 bridgehead atoms. The van der Waals surface area contributed by atoms with Crippen LogP contribution in [0.4, 0.5) is 14.5 Å². The summed E-state index contributed by atoms with van der Waals surface area (Å²) in [6, 6.07) is 0.565. The van der Waals surface area contributed by atoms with E-state index in [1.807, 2.05) is 20.8 Å². The highest BCUT2D eigenvalue weighted by Gasteiger charge is 2.27. The van der Waals surface area contributed by atoms with Crippen molar-refractivity contribution < 1.29 is 18.4 Å². The number of aromatic nitrogens is 5. The fourth-order valence-electron chi connectivity index (χ4n) is 3.76. The quantitative estimate of drug-likeness (QED) is 0.404. The van der Waals surface area contributed by atoms with Crippen molar-refractivity contribution in [2.45, 2.75) is 46.7 Å². The number of fused-ring (bicyclic) bond motifs is 1. The van der Waals surface area contributed by atoms with Gasteiger partial charge in [-0.05, 0) is 44.9 Å². The molecule has 1 atom stereocenters. The third-order valence-corrected chi connectivity index (χ3v) is 6.68. The molecule has 0 aliphatic heterocycles. The van der Waals surface area contributed by atoms with Crippen LogP contribution in [-0.4, -0.2) is 36.4 Å².